The van der Waals surface area contributed by atoms with Crippen molar-refractivity contribution in [1.82, 2.24) is 10.3 Å². The molecule has 2 aromatic heterocycles. The van der Waals surface area contributed by atoms with Crippen LogP contribution < -0.4 is 5.32 Å². The topological polar surface area (TPSA) is 55.1 Å². The summed E-state index contributed by atoms with van der Waals surface area (Å²) in [6, 6.07) is 7.81. The molecule has 0 unspecified atom stereocenters. The lowest BCUT2D eigenvalue weighted by Gasteiger charge is -2.07. The molecule has 0 aliphatic carbocycles. The largest absolute Gasteiger partial charge is 0.451 e. The van der Waals surface area contributed by atoms with E-state index in [1.165, 1.54) is 0 Å². The van der Waals surface area contributed by atoms with E-state index >= 15 is 0 Å². The average Bonchev–Trinajstić information content (AvgIpc) is 3.16. The first-order valence-electron chi connectivity index (χ1n) is 8.38. The lowest BCUT2D eigenvalue weighted by molar-refractivity contribution is 0.0925. The van der Waals surface area contributed by atoms with E-state index in [1.54, 1.807) is 23.1 Å². The summed E-state index contributed by atoms with van der Waals surface area (Å²) in [5, 5.41) is 6.01. The molecule has 132 valence electrons. The smallest absolute Gasteiger partial charge is 0.287 e. The highest BCUT2D eigenvalue weighted by Crippen LogP contribution is 2.33. The van der Waals surface area contributed by atoms with Gasteiger partial charge in [0.2, 0.25) is 0 Å². The van der Waals surface area contributed by atoms with Crippen molar-refractivity contribution < 1.29 is 9.21 Å². The first-order chi connectivity index (χ1) is 12.0. The summed E-state index contributed by atoms with van der Waals surface area (Å²) in [5.41, 5.74) is 2.72. The minimum Gasteiger partial charge on any atom is -0.451 e. The Morgan fingerprint density at radius 2 is 2.16 bits per heavy atom. The molecule has 1 N–H and O–H groups in total. The van der Waals surface area contributed by atoms with Gasteiger partial charge in [-0.1, -0.05) is 43.8 Å². The molecule has 0 saturated carbocycles. The maximum absolute atomic E-state index is 12.6. The summed E-state index contributed by atoms with van der Waals surface area (Å²) in [4.78, 5) is 17.1. The Labute approximate surface area is 156 Å². The van der Waals surface area contributed by atoms with Gasteiger partial charge in [0.15, 0.2) is 5.76 Å². The minimum atomic E-state index is -0.136. The molecular weight excluding hydrogens is 352 g/mol. The van der Waals surface area contributed by atoms with Gasteiger partial charge in [-0.2, -0.15) is 0 Å². The number of nitrogens with zero attached hydrogens (tertiary/aromatic N) is 1. The van der Waals surface area contributed by atoms with E-state index in [1.807, 2.05) is 36.6 Å². The molecule has 0 aliphatic heterocycles. The fraction of sp³-hybridized carbons (Fsp3) is 0.368. The highest BCUT2D eigenvalue weighted by molar-refractivity contribution is 8.00. The number of nitrogens with one attached hydrogen (secondary N) is 1. The zero-order valence-corrected chi connectivity index (χ0v) is 16.3. The number of aryl methyl sites for hydroxylation is 1. The highest BCUT2D eigenvalue weighted by atomic mass is 32.2. The molecule has 3 aromatic rings. The molecule has 4 nitrogen and oxygen atoms in total. The number of hydrogen-bond donors (Lipinski definition) is 1. The zero-order valence-electron chi connectivity index (χ0n) is 14.7. The van der Waals surface area contributed by atoms with E-state index < -0.39 is 0 Å². The van der Waals surface area contributed by atoms with Crippen LogP contribution in [0.2, 0.25) is 0 Å². The number of aromatic nitrogens is 1. The molecule has 6 heteroatoms. The van der Waals surface area contributed by atoms with E-state index in [4.69, 9.17) is 4.42 Å². The Hall–Kier alpha value is -1.79. The molecule has 0 atom stereocenters. The third-order valence-electron chi connectivity index (χ3n) is 3.85. The monoisotopic (exact) mass is 374 g/mol. The predicted octanol–water partition coefficient (Wildman–Crippen LogP) is 5.27. The van der Waals surface area contributed by atoms with Crippen molar-refractivity contribution in [3.63, 3.8) is 0 Å². The number of fused-ring (bicyclic) bond motifs is 1. The first kappa shape index (κ1) is 18.0. The number of benzene rings is 1. The Morgan fingerprint density at radius 3 is 2.88 bits per heavy atom. The number of amides is 1. The average molecular weight is 375 g/mol. The van der Waals surface area contributed by atoms with Crippen molar-refractivity contribution >= 4 is 40.0 Å². The van der Waals surface area contributed by atoms with Crippen LogP contribution in [0.5, 0.6) is 0 Å². The van der Waals surface area contributed by atoms with Crippen LogP contribution >= 0.6 is 23.1 Å². The van der Waals surface area contributed by atoms with Gasteiger partial charge in [-0.15, -0.1) is 11.3 Å². The fourth-order valence-corrected chi connectivity index (χ4v) is 4.39. The Morgan fingerprint density at radius 1 is 1.36 bits per heavy atom. The third kappa shape index (κ3) is 4.44. The molecule has 3 rings (SSSR count). The van der Waals surface area contributed by atoms with Gasteiger partial charge in [0.05, 0.1) is 0 Å². The summed E-state index contributed by atoms with van der Waals surface area (Å²) in [5.74, 6) is 1.50. The summed E-state index contributed by atoms with van der Waals surface area (Å²) in [7, 11) is 0. The quantitative estimate of drug-likeness (QED) is 0.573. The van der Waals surface area contributed by atoms with Crippen LogP contribution in [-0.2, 0) is 5.75 Å². The van der Waals surface area contributed by atoms with Crippen molar-refractivity contribution in [2.75, 3.05) is 6.54 Å². The van der Waals surface area contributed by atoms with E-state index in [0.717, 1.165) is 33.0 Å². The molecule has 2 heterocycles. The van der Waals surface area contributed by atoms with Crippen LogP contribution in [0.4, 0.5) is 0 Å². The summed E-state index contributed by atoms with van der Waals surface area (Å²) < 4.78 is 6.88. The fourth-order valence-electron chi connectivity index (χ4n) is 2.51. The number of carbonyl (C=O) groups excluding carboxylic acids is 1. The summed E-state index contributed by atoms with van der Waals surface area (Å²) in [6.45, 7) is 6.93. The second-order valence-electron chi connectivity index (χ2n) is 6.39. The Balaban J connectivity index is 1.82. The molecule has 0 fully saturated rings. The number of furan rings is 1. The SMILES string of the molecule is Cc1csc(SCc2c(C(=O)NCCC(C)C)oc3ccccc23)n1. The Kier molecular flexibility index (Phi) is 5.81. The normalized spacial score (nSPS) is 11.4. The number of carbonyl (C=O) groups is 1. The van der Waals surface area contributed by atoms with E-state index in [2.05, 4.69) is 24.1 Å². The highest BCUT2D eigenvalue weighted by Gasteiger charge is 2.20. The van der Waals surface area contributed by atoms with Gasteiger partial charge in [0, 0.05) is 34.3 Å². The first-order valence-corrected chi connectivity index (χ1v) is 10.2. The van der Waals surface area contributed by atoms with Crippen LogP contribution in [0.15, 0.2) is 38.4 Å². The third-order valence-corrected chi connectivity index (χ3v) is 6.02. The van der Waals surface area contributed by atoms with Crippen LogP contribution in [0.25, 0.3) is 11.0 Å². The molecule has 0 radical (unpaired) electrons. The number of thiazole rings is 1. The van der Waals surface area contributed by atoms with Crippen molar-refractivity contribution in [2.45, 2.75) is 37.3 Å². The number of para-hydroxylation sites is 1. The maximum atomic E-state index is 12.6. The van der Waals surface area contributed by atoms with E-state index in [-0.39, 0.29) is 5.91 Å². The molecule has 1 amide bonds. The van der Waals surface area contributed by atoms with Gasteiger partial charge in [0.25, 0.3) is 5.91 Å². The van der Waals surface area contributed by atoms with Gasteiger partial charge in [-0.05, 0) is 25.3 Å². The number of thioether (sulfide) groups is 1. The van der Waals surface area contributed by atoms with Crippen LogP contribution in [-0.4, -0.2) is 17.4 Å². The van der Waals surface area contributed by atoms with Crippen molar-refractivity contribution in [1.29, 1.82) is 0 Å². The molecule has 0 bridgehead atoms. The maximum Gasteiger partial charge on any atom is 0.287 e. The summed E-state index contributed by atoms with van der Waals surface area (Å²) in [6.07, 6.45) is 0.953. The zero-order chi connectivity index (χ0) is 17.8. The second kappa shape index (κ2) is 8.06. The van der Waals surface area contributed by atoms with Gasteiger partial charge >= 0.3 is 0 Å². The van der Waals surface area contributed by atoms with Crippen molar-refractivity contribution in [3.05, 3.63) is 46.7 Å². The summed E-state index contributed by atoms with van der Waals surface area (Å²) >= 11 is 3.27. The van der Waals surface area contributed by atoms with Gasteiger partial charge in [0.1, 0.15) is 9.92 Å². The molecule has 0 saturated heterocycles. The van der Waals surface area contributed by atoms with Gasteiger partial charge < -0.3 is 9.73 Å². The second-order valence-corrected chi connectivity index (χ2v) is 8.47. The molecular formula is C19H22N2O2S2. The van der Waals surface area contributed by atoms with Crippen molar-refractivity contribution in [2.24, 2.45) is 5.92 Å². The van der Waals surface area contributed by atoms with Gasteiger partial charge in [-0.3, -0.25) is 4.79 Å². The van der Waals surface area contributed by atoms with Crippen LogP contribution in [0.1, 0.15) is 42.1 Å². The minimum absolute atomic E-state index is 0.136. The van der Waals surface area contributed by atoms with E-state index in [9.17, 15) is 4.79 Å². The Bertz CT molecular complexity index is 867. The number of rotatable bonds is 7. The number of hydrogen-bond acceptors (Lipinski definition) is 5. The van der Waals surface area contributed by atoms with Crippen LogP contribution in [0.3, 0.4) is 0 Å². The van der Waals surface area contributed by atoms with Crippen LogP contribution in [0, 0.1) is 12.8 Å². The molecule has 0 aliphatic rings. The molecule has 0 spiro atoms. The lowest BCUT2D eigenvalue weighted by Crippen LogP contribution is -2.25. The molecule has 1 aromatic carbocycles. The standard InChI is InChI=1S/C19H22N2O2S2/c1-12(2)8-9-20-18(22)17-15(11-25-19-21-13(3)10-24-19)14-6-4-5-7-16(14)23-17/h4-7,10,12H,8-9,11H2,1-3H3,(H,20,22). The van der Waals surface area contributed by atoms with E-state index in [0.29, 0.717) is 24.0 Å². The molecule has 25 heavy (non-hydrogen) atoms. The van der Waals surface area contributed by atoms with Gasteiger partial charge in [-0.25, -0.2) is 4.98 Å². The lowest BCUT2D eigenvalue weighted by atomic mass is 10.1. The predicted molar refractivity (Wildman–Crippen MR) is 104 cm³/mol. The van der Waals surface area contributed by atoms with Crippen molar-refractivity contribution in [3.8, 4) is 0 Å².